The summed E-state index contributed by atoms with van der Waals surface area (Å²) in [5.41, 5.74) is 0.949. The normalized spacial score (nSPS) is 20.4. The van der Waals surface area contributed by atoms with Gasteiger partial charge in [0.2, 0.25) is 17.0 Å². The van der Waals surface area contributed by atoms with Gasteiger partial charge in [0.25, 0.3) is 5.91 Å². The average molecular weight is 441 g/mol. The van der Waals surface area contributed by atoms with E-state index < -0.39 is 17.2 Å². The fourth-order valence-corrected chi connectivity index (χ4v) is 3.67. The number of hydrogen-bond donors (Lipinski definition) is 3. The minimum Gasteiger partial charge on any atom is -0.486 e. The zero-order valence-electron chi connectivity index (χ0n) is 16.2. The predicted molar refractivity (Wildman–Crippen MR) is 113 cm³/mol. The van der Waals surface area contributed by atoms with Crippen LogP contribution in [0.5, 0.6) is 0 Å². The molecule has 29 heavy (non-hydrogen) atoms. The van der Waals surface area contributed by atoms with Crippen molar-refractivity contribution < 1.29 is 18.3 Å². The highest BCUT2D eigenvalue weighted by molar-refractivity contribution is 7.76. The number of benzene rings is 1. The Labute approximate surface area is 177 Å². The SMILES string of the molecule is CC1(COC(C(=O)Nc2cccc(Cl)c2)=C(C=N)N2CCN(S(=O)O)CC2)CC1. The molecule has 1 amide bonds. The van der Waals surface area contributed by atoms with E-state index in [4.69, 9.17) is 21.7 Å². The first-order chi connectivity index (χ1) is 13.8. The average Bonchev–Trinajstić information content (AvgIpc) is 3.42. The van der Waals surface area contributed by atoms with Gasteiger partial charge in [0.1, 0.15) is 5.70 Å². The Morgan fingerprint density at radius 2 is 2.07 bits per heavy atom. The first-order valence-corrected chi connectivity index (χ1v) is 10.8. The lowest BCUT2D eigenvalue weighted by atomic mass is 10.2. The van der Waals surface area contributed by atoms with E-state index in [1.165, 1.54) is 4.31 Å². The number of nitrogens with one attached hydrogen (secondary N) is 2. The first kappa shape index (κ1) is 21.8. The summed E-state index contributed by atoms with van der Waals surface area (Å²) in [6.45, 7) is 4.00. The summed E-state index contributed by atoms with van der Waals surface area (Å²) in [5, 5.41) is 11.2. The summed E-state index contributed by atoms with van der Waals surface area (Å²) in [6, 6.07) is 6.81. The van der Waals surface area contributed by atoms with Gasteiger partial charge in [-0.2, -0.15) is 4.31 Å². The van der Waals surface area contributed by atoms with E-state index >= 15 is 0 Å². The number of allylic oxidation sites excluding steroid dienone is 1. The van der Waals surface area contributed by atoms with Crippen LogP contribution in [-0.4, -0.2) is 62.9 Å². The molecule has 0 radical (unpaired) electrons. The zero-order valence-corrected chi connectivity index (χ0v) is 17.8. The first-order valence-electron chi connectivity index (χ1n) is 9.37. The standard InChI is InChI=1S/C19H25ClN4O4S/c1-19(5-6-19)13-28-17(18(25)22-15-4-2-3-14(20)11-15)16(12-21)23-7-9-24(10-8-23)29(26)27/h2-4,11-12,21H,5-10,13H2,1H3,(H,22,25)(H,26,27). The van der Waals surface area contributed by atoms with Gasteiger partial charge in [-0.1, -0.05) is 24.6 Å². The lowest BCUT2D eigenvalue weighted by Gasteiger charge is -2.34. The van der Waals surface area contributed by atoms with E-state index in [1.54, 1.807) is 24.3 Å². The van der Waals surface area contributed by atoms with Gasteiger partial charge in [0, 0.05) is 48.5 Å². The fourth-order valence-electron chi connectivity index (χ4n) is 3.00. The highest BCUT2D eigenvalue weighted by Gasteiger charge is 2.39. The number of carbonyl (C=O) groups excluding carboxylic acids is 1. The van der Waals surface area contributed by atoms with Gasteiger partial charge < -0.3 is 20.4 Å². The number of halogens is 1. The number of ether oxygens (including phenoxy) is 1. The minimum absolute atomic E-state index is 0.0568. The van der Waals surface area contributed by atoms with Crippen molar-refractivity contribution in [2.75, 3.05) is 38.1 Å². The molecular weight excluding hydrogens is 416 g/mol. The number of piperazine rings is 1. The van der Waals surface area contributed by atoms with Crippen molar-refractivity contribution in [1.29, 1.82) is 5.41 Å². The summed E-state index contributed by atoms with van der Waals surface area (Å²) < 4.78 is 27.9. The molecule has 3 rings (SSSR count). The summed E-state index contributed by atoms with van der Waals surface area (Å²) in [7, 11) is 0. The van der Waals surface area contributed by atoms with Crippen LogP contribution in [0.15, 0.2) is 35.7 Å². The summed E-state index contributed by atoms with van der Waals surface area (Å²) in [6.07, 6.45) is 3.18. The zero-order chi connectivity index (χ0) is 21.0. The molecule has 1 unspecified atom stereocenters. The number of hydrogen-bond acceptors (Lipinski definition) is 5. The molecular formula is C19H25ClN4O4S. The van der Waals surface area contributed by atoms with Crippen molar-refractivity contribution >= 4 is 40.7 Å². The Bertz CT molecular complexity index is 835. The Morgan fingerprint density at radius 3 is 2.62 bits per heavy atom. The third kappa shape index (κ3) is 5.79. The molecule has 2 aliphatic rings. The van der Waals surface area contributed by atoms with Crippen LogP contribution in [0.3, 0.4) is 0 Å². The van der Waals surface area contributed by atoms with Gasteiger partial charge in [-0.05, 0) is 31.0 Å². The maximum atomic E-state index is 13.0. The van der Waals surface area contributed by atoms with Crippen molar-refractivity contribution in [3.8, 4) is 0 Å². The molecule has 1 aliphatic heterocycles. The van der Waals surface area contributed by atoms with Crippen LogP contribution in [0, 0.1) is 10.8 Å². The van der Waals surface area contributed by atoms with Crippen LogP contribution in [-0.2, 0) is 20.8 Å². The highest BCUT2D eigenvalue weighted by atomic mass is 35.5. The predicted octanol–water partition coefficient (Wildman–Crippen LogP) is 2.71. The molecule has 10 heteroatoms. The second-order valence-electron chi connectivity index (χ2n) is 7.57. The molecule has 0 spiro atoms. The van der Waals surface area contributed by atoms with Crippen LogP contribution >= 0.6 is 11.6 Å². The summed E-state index contributed by atoms with van der Waals surface area (Å²) in [5.74, 6) is -0.380. The molecule has 1 aromatic carbocycles. The minimum atomic E-state index is -2.03. The Morgan fingerprint density at radius 1 is 1.38 bits per heavy atom. The number of nitrogens with zero attached hydrogens (tertiary/aromatic N) is 2. The van der Waals surface area contributed by atoms with E-state index in [9.17, 15) is 13.6 Å². The highest BCUT2D eigenvalue weighted by Crippen LogP contribution is 2.45. The third-order valence-electron chi connectivity index (χ3n) is 5.13. The van der Waals surface area contributed by atoms with E-state index in [0.29, 0.717) is 49.2 Å². The van der Waals surface area contributed by atoms with Crippen LogP contribution < -0.4 is 5.32 Å². The van der Waals surface area contributed by atoms with Gasteiger partial charge in [-0.25, -0.2) is 4.21 Å². The van der Waals surface area contributed by atoms with E-state index in [2.05, 4.69) is 12.2 Å². The molecule has 2 fully saturated rings. The lowest BCUT2D eigenvalue weighted by molar-refractivity contribution is -0.116. The maximum absolute atomic E-state index is 13.0. The maximum Gasteiger partial charge on any atom is 0.293 e. The van der Waals surface area contributed by atoms with E-state index in [1.807, 2.05) is 4.90 Å². The fraction of sp³-hybridized carbons (Fsp3) is 0.474. The van der Waals surface area contributed by atoms with Crippen molar-refractivity contribution in [1.82, 2.24) is 9.21 Å². The molecule has 8 nitrogen and oxygen atoms in total. The Balaban J connectivity index is 1.82. The molecule has 1 saturated heterocycles. The molecule has 3 N–H and O–H groups in total. The van der Waals surface area contributed by atoms with Crippen LogP contribution in [0.1, 0.15) is 19.8 Å². The smallest absolute Gasteiger partial charge is 0.293 e. The lowest BCUT2D eigenvalue weighted by Crippen LogP contribution is -2.47. The monoisotopic (exact) mass is 440 g/mol. The van der Waals surface area contributed by atoms with Crippen molar-refractivity contribution in [3.63, 3.8) is 0 Å². The van der Waals surface area contributed by atoms with Gasteiger partial charge >= 0.3 is 0 Å². The topological polar surface area (TPSA) is 106 Å². The van der Waals surface area contributed by atoms with Gasteiger partial charge in [-0.15, -0.1) is 0 Å². The Hall–Kier alpha value is -1.94. The number of amides is 1. The number of anilines is 1. The number of rotatable bonds is 8. The van der Waals surface area contributed by atoms with E-state index in [0.717, 1.165) is 19.1 Å². The van der Waals surface area contributed by atoms with E-state index in [-0.39, 0.29) is 11.2 Å². The molecule has 1 aliphatic carbocycles. The van der Waals surface area contributed by atoms with Crippen LogP contribution in [0.4, 0.5) is 5.69 Å². The molecule has 1 heterocycles. The third-order valence-corrected chi connectivity index (χ3v) is 6.17. The van der Waals surface area contributed by atoms with Crippen molar-refractivity contribution in [2.24, 2.45) is 5.41 Å². The molecule has 1 atom stereocenters. The van der Waals surface area contributed by atoms with Crippen molar-refractivity contribution in [2.45, 2.75) is 19.8 Å². The van der Waals surface area contributed by atoms with Crippen LogP contribution in [0.2, 0.25) is 5.02 Å². The van der Waals surface area contributed by atoms with Gasteiger partial charge in [0.05, 0.1) is 6.61 Å². The molecule has 0 aromatic heterocycles. The molecule has 0 bridgehead atoms. The molecule has 158 valence electrons. The van der Waals surface area contributed by atoms with Gasteiger partial charge in [0.15, 0.2) is 0 Å². The molecule has 1 saturated carbocycles. The second-order valence-corrected chi connectivity index (χ2v) is 8.98. The second kappa shape index (κ2) is 9.25. The summed E-state index contributed by atoms with van der Waals surface area (Å²) in [4.78, 5) is 14.8. The Kier molecular flexibility index (Phi) is 6.94. The van der Waals surface area contributed by atoms with Crippen molar-refractivity contribution in [3.05, 3.63) is 40.7 Å². The molecule has 1 aromatic rings. The van der Waals surface area contributed by atoms with Gasteiger partial charge in [-0.3, -0.25) is 9.35 Å². The quantitative estimate of drug-likeness (QED) is 0.249. The largest absolute Gasteiger partial charge is 0.486 e. The number of carbonyl (C=O) groups is 1. The summed E-state index contributed by atoms with van der Waals surface area (Å²) >= 11 is 3.97. The van der Waals surface area contributed by atoms with Crippen LogP contribution in [0.25, 0.3) is 0 Å².